The lowest BCUT2D eigenvalue weighted by Gasteiger charge is -2.33. The molecule has 0 radical (unpaired) electrons. The Bertz CT molecular complexity index is 1260. The highest BCUT2D eigenvalue weighted by Gasteiger charge is 2.25. The predicted octanol–water partition coefficient (Wildman–Crippen LogP) is 5.12. The SMILES string of the molecule is O=C(NC[C@H]1CCCN(C(=O)c2ccc3[nH]ccc3c2)C1)c1ccc(-c2ccccc2)cc1. The first-order valence-electron chi connectivity index (χ1n) is 11.5. The number of benzene rings is 3. The molecule has 2 heterocycles. The standard InChI is InChI=1S/C28H27N3O2/c32-27(23-10-8-22(9-11-23)21-6-2-1-3-7-21)30-18-20-5-4-16-31(19-20)28(33)25-12-13-26-24(17-25)14-15-29-26/h1-3,6-15,17,20,29H,4-5,16,18-19H2,(H,30,32)/t20-/m1/s1. The second-order valence-corrected chi connectivity index (χ2v) is 8.69. The molecule has 1 aliphatic heterocycles. The van der Waals surface area contributed by atoms with Crippen molar-refractivity contribution in [3.8, 4) is 11.1 Å². The van der Waals surface area contributed by atoms with Gasteiger partial charge in [-0.05, 0) is 66.3 Å². The molecule has 2 N–H and O–H groups in total. The van der Waals surface area contributed by atoms with Crippen LogP contribution in [0.15, 0.2) is 85.1 Å². The zero-order chi connectivity index (χ0) is 22.6. The minimum absolute atomic E-state index is 0.0608. The van der Waals surface area contributed by atoms with Gasteiger partial charge in [-0.2, -0.15) is 0 Å². The summed E-state index contributed by atoms with van der Waals surface area (Å²) >= 11 is 0. The van der Waals surface area contributed by atoms with Gasteiger partial charge < -0.3 is 15.2 Å². The highest BCUT2D eigenvalue weighted by atomic mass is 16.2. The van der Waals surface area contributed by atoms with E-state index in [1.807, 2.05) is 77.8 Å². The summed E-state index contributed by atoms with van der Waals surface area (Å²) in [4.78, 5) is 30.8. The zero-order valence-corrected chi connectivity index (χ0v) is 18.5. The number of fused-ring (bicyclic) bond motifs is 1. The summed E-state index contributed by atoms with van der Waals surface area (Å²) in [6.45, 7) is 1.99. The van der Waals surface area contributed by atoms with E-state index in [1.54, 1.807) is 0 Å². The normalized spacial score (nSPS) is 16.0. The minimum atomic E-state index is -0.0732. The molecule has 1 fully saturated rings. The van der Waals surface area contributed by atoms with Crippen LogP contribution in [0.5, 0.6) is 0 Å². The highest BCUT2D eigenvalue weighted by Crippen LogP contribution is 2.22. The molecule has 33 heavy (non-hydrogen) atoms. The maximum Gasteiger partial charge on any atom is 0.253 e. The maximum atomic E-state index is 13.0. The van der Waals surface area contributed by atoms with Crippen molar-refractivity contribution in [2.75, 3.05) is 19.6 Å². The van der Waals surface area contributed by atoms with Crippen LogP contribution in [-0.4, -0.2) is 41.3 Å². The number of aromatic amines is 1. The van der Waals surface area contributed by atoms with E-state index in [-0.39, 0.29) is 17.7 Å². The van der Waals surface area contributed by atoms with E-state index in [2.05, 4.69) is 22.4 Å². The smallest absolute Gasteiger partial charge is 0.253 e. The van der Waals surface area contributed by atoms with Gasteiger partial charge in [0.05, 0.1) is 0 Å². The Kier molecular flexibility index (Phi) is 5.94. The lowest BCUT2D eigenvalue weighted by atomic mass is 9.97. The van der Waals surface area contributed by atoms with Crippen molar-refractivity contribution in [1.82, 2.24) is 15.2 Å². The van der Waals surface area contributed by atoms with Crippen molar-refractivity contribution in [3.63, 3.8) is 0 Å². The van der Waals surface area contributed by atoms with Gasteiger partial charge in [0.25, 0.3) is 11.8 Å². The van der Waals surface area contributed by atoms with Crippen molar-refractivity contribution < 1.29 is 9.59 Å². The van der Waals surface area contributed by atoms with Crippen molar-refractivity contribution in [1.29, 1.82) is 0 Å². The Morgan fingerprint density at radius 1 is 0.909 bits per heavy atom. The van der Waals surface area contributed by atoms with Crippen molar-refractivity contribution in [3.05, 3.63) is 96.2 Å². The molecule has 5 rings (SSSR count). The van der Waals surface area contributed by atoms with Crippen LogP contribution in [0.25, 0.3) is 22.0 Å². The first kappa shape index (κ1) is 21.0. The summed E-state index contributed by atoms with van der Waals surface area (Å²) in [6.07, 6.45) is 3.84. The molecular weight excluding hydrogens is 410 g/mol. The molecule has 166 valence electrons. The van der Waals surface area contributed by atoms with E-state index < -0.39 is 0 Å². The van der Waals surface area contributed by atoms with E-state index in [4.69, 9.17) is 0 Å². The number of piperidine rings is 1. The van der Waals surface area contributed by atoms with E-state index in [1.165, 1.54) is 0 Å². The van der Waals surface area contributed by atoms with Crippen LogP contribution >= 0.6 is 0 Å². The van der Waals surface area contributed by atoms with E-state index in [9.17, 15) is 9.59 Å². The topological polar surface area (TPSA) is 65.2 Å². The predicted molar refractivity (Wildman–Crippen MR) is 131 cm³/mol. The molecule has 1 aromatic heterocycles. The quantitative estimate of drug-likeness (QED) is 0.455. The van der Waals surface area contributed by atoms with Crippen LogP contribution < -0.4 is 5.32 Å². The number of aromatic nitrogens is 1. The van der Waals surface area contributed by atoms with Gasteiger partial charge >= 0.3 is 0 Å². The van der Waals surface area contributed by atoms with Gasteiger partial charge in [0.15, 0.2) is 0 Å². The van der Waals surface area contributed by atoms with Gasteiger partial charge in [0.1, 0.15) is 0 Å². The molecule has 0 saturated carbocycles. The lowest BCUT2D eigenvalue weighted by Crippen LogP contribution is -2.43. The second-order valence-electron chi connectivity index (χ2n) is 8.69. The summed E-state index contributed by atoms with van der Waals surface area (Å²) in [5, 5.41) is 4.11. The maximum absolute atomic E-state index is 13.0. The van der Waals surface area contributed by atoms with Crippen LogP contribution in [0.1, 0.15) is 33.6 Å². The van der Waals surface area contributed by atoms with Crippen LogP contribution in [0.2, 0.25) is 0 Å². The zero-order valence-electron chi connectivity index (χ0n) is 18.5. The van der Waals surface area contributed by atoms with Crippen molar-refractivity contribution in [2.24, 2.45) is 5.92 Å². The average Bonchev–Trinajstić information content (AvgIpc) is 3.36. The molecule has 3 aromatic carbocycles. The first-order chi connectivity index (χ1) is 16.2. The number of hydrogen-bond donors (Lipinski definition) is 2. The molecule has 5 heteroatoms. The number of rotatable bonds is 5. The summed E-state index contributed by atoms with van der Waals surface area (Å²) in [7, 11) is 0. The van der Waals surface area contributed by atoms with Gasteiger partial charge in [-0.15, -0.1) is 0 Å². The Hall–Kier alpha value is -3.86. The summed E-state index contributed by atoms with van der Waals surface area (Å²) in [5.41, 5.74) is 4.62. The number of amides is 2. The number of hydrogen-bond acceptors (Lipinski definition) is 2. The largest absolute Gasteiger partial charge is 0.361 e. The Morgan fingerprint density at radius 3 is 2.48 bits per heavy atom. The molecule has 1 atom stereocenters. The van der Waals surface area contributed by atoms with Gasteiger partial charge in [-0.3, -0.25) is 9.59 Å². The molecule has 0 spiro atoms. The number of nitrogens with one attached hydrogen (secondary N) is 2. The number of likely N-dealkylation sites (tertiary alicyclic amines) is 1. The van der Waals surface area contributed by atoms with Crippen LogP contribution in [0.4, 0.5) is 0 Å². The fourth-order valence-corrected chi connectivity index (χ4v) is 4.57. The van der Waals surface area contributed by atoms with E-state index in [0.29, 0.717) is 24.2 Å². The van der Waals surface area contributed by atoms with Crippen LogP contribution in [0.3, 0.4) is 0 Å². The minimum Gasteiger partial charge on any atom is -0.361 e. The number of carbonyl (C=O) groups is 2. The van der Waals surface area contributed by atoms with E-state index >= 15 is 0 Å². The van der Waals surface area contributed by atoms with Crippen molar-refractivity contribution in [2.45, 2.75) is 12.8 Å². The first-order valence-corrected chi connectivity index (χ1v) is 11.5. The Morgan fingerprint density at radius 2 is 1.67 bits per heavy atom. The van der Waals surface area contributed by atoms with Crippen molar-refractivity contribution >= 4 is 22.7 Å². The number of carbonyl (C=O) groups excluding carboxylic acids is 2. The molecule has 1 saturated heterocycles. The molecule has 2 amide bonds. The van der Waals surface area contributed by atoms with E-state index in [0.717, 1.165) is 41.4 Å². The third-order valence-corrected chi connectivity index (χ3v) is 6.41. The summed E-state index contributed by atoms with van der Waals surface area (Å²) in [5.74, 6) is 0.243. The Balaban J connectivity index is 1.17. The van der Waals surface area contributed by atoms with Gasteiger partial charge in [-0.25, -0.2) is 0 Å². The highest BCUT2D eigenvalue weighted by molar-refractivity contribution is 5.98. The molecule has 5 nitrogen and oxygen atoms in total. The Labute approximate surface area is 193 Å². The monoisotopic (exact) mass is 437 g/mol. The van der Waals surface area contributed by atoms with Gasteiger partial charge in [0.2, 0.25) is 0 Å². The third kappa shape index (κ3) is 4.67. The molecule has 0 bridgehead atoms. The summed E-state index contributed by atoms with van der Waals surface area (Å²) in [6, 6.07) is 25.6. The molecule has 0 aliphatic carbocycles. The second kappa shape index (κ2) is 9.33. The van der Waals surface area contributed by atoms with Crippen LogP contribution in [0, 0.1) is 5.92 Å². The molecule has 1 aliphatic rings. The van der Waals surface area contributed by atoms with Crippen LogP contribution in [-0.2, 0) is 0 Å². The van der Waals surface area contributed by atoms with Gasteiger partial charge in [0, 0.05) is 47.9 Å². The molecule has 4 aromatic rings. The lowest BCUT2D eigenvalue weighted by molar-refractivity contribution is 0.0671. The number of nitrogens with zero attached hydrogens (tertiary/aromatic N) is 1. The number of H-pyrrole nitrogens is 1. The fraction of sp³-hybridized carbons (Fsp3) is 0.214. The molecular formula is C28H27N3O2. The fourth-order valence-electron chi connectivity index (χ4n) is 4.57. The summed E-state index contributed by atoms with van der Waals surface area (Å²) < 4.78 is 0. The average molecular weight is 438 g/mol. The van der Waals surface area contributed by atoms with Gasteiger partial charge in [-0.1, -0.05) is 42.5 Å². The third-order valence-electron chi connectivity index (χ3n) is 6.41. The molecule has 0 unspecified atom stereocenters.